The first-order valence-electron chi connectivity index (χ1n) is 15.1. The summed E-state index contributed by atoms with van der Waals surface area (Å²) in [7, 11) is 0. The second-order valence-corrected chi connectivity index (χ2v) is 11.4. The molecule has 44 heavy (non-hydrogen) atoms. The van der Waals surface area contributed by atoms with E-state index in [0.717, 1.165) is 50.1 Å². The van der Waals surface area contributed by atoms with E-state index < -0.39 is 0 Å². The molecule has 1 aromatic heterocycles. The van der Waals surface area contributed by atoms with Crippen molar-refractivity contribution < 1.29 is 4.42 Å². The van der Waals surface area contributed by atoms with Crippen molar-refractivity contribution in [3.05, 3.63) is 163 Å². The Hall–Kier alpha value is -5.80. The molecule has 0 amide bonds. The monoisotopic (exact) mass is 564 g/mol. The molecule has 1 N–H and O–H groups in total. The molecule has 0 radical (unpaired) electrons. The van der Waals surface area contributed by atoms with Crippen molar-refractivity contribution >= 4 is 49.8 Å². The summed E-state index contributed by atoms with van der Waals surface area (Å²) in [5.74, 6) is 0. The Labute approximate surface area is 255 Å². The van der Waals surface area contributed by atoms with Gasteiger partial charge in [0, 0.05) is 22.0 Å². The Balaban J connectivity index is 1.20. The Morgan fingerprint density at radius 3 is 2.11 bits per heavy atom. The third-order valence-corrected chi connectivity index (χ3v) is 8.85. The number of benzene rings is 7. The number of nitrogens with one attached hydrogen (secondary N) is 1. The first kappa shape index (κ1) is 24.8. The molecule has 9 rings (SSSR count). The summed E-state index contributed by atoms with van der Waals surface area (Å²) >= 11 is 0. The number of rotatable bonds is 4. The van der Waals surface area contributed by atoms with Crippen molar-refractivity contribution in [2.24, 2.45) is 0 Å². The second-order valence-electron chi connectivity index (χ2n) is 11.4. The lowest BCUT2D eigenvalue weighted by Crippen LogP contribution is -2.23. The third-order valence-electron chi connectivity index (χ3n) is 8.85. The van der Waals surface area contributed by atoms with Gasteiger partial charge in [0.1, 0.15) is 17.3 Å². The fourth-order valence-electron chi connectivity index (χ4n) is 6.79. The highest BCUT2D eigenvalue weighted by atomic mass is 16.3. The molecule has 1 unspecified atom stereocenters. The van der Waals surface area contributed by atoms with E-state index in [1.165, 1.54) is 27.5 Å². The highest BCUT2D eigenvalue weighted by molar-refractivity contribution is 6.18. The van der Waals surface area contributed by atoms with Crippen LogP contribution < -0.4 is 10.2 Å². The zero-order valence-electron chi connectivity index (χ0n) is 23.9. The van der Waals surface area contributed by atoms with Crippen molar-refractivity contribution in [2.45, 2.75) is 6.17 Å². The molecule has 3 heteroatoms. The van der Waals surface area contributed by atoms with Crippen LogP contribution in [0, 0.1) is 0 Å². The molecule has 3 nitrogen and oxygen atoms in total. The minimum absolute atomic E-state index is 0.0498. The summed E-state index contributed by atoms with van der Waals surface area (Å²) in [5.41, 5.74) is 11.1. The molecule has 7 aromatic carbocycles. The molecule has 0 spiro atoms. The summed E-state index contributed by atoms with van der Waals surface area (Å²) in [5, 5.41) is 8.48. The number of nitrogens with zero attached hydrogens (tertiary/aromatic N) is 1. The van der Waals surface area contributed by atoms with Crippen LogP contribution in [0.3, 0.4) is 0 Å². The van der Waals surface area contributed by atoms with Crippen molar-refractivity contribution in [2.75, 3.05) is 10.2 Å². The molecule has 0 aliphatic carbocycles. The van der Waals surface area contributed by atoms with E-state index in [0.29, 0.717) is 0 Å². The van der Waals surface area contributed by atoms with Gasteiger partial charge in [-0.3, -0.25) is 0 Å². The summed E-state index contributed by atoms with van der Waals surface area (Å²) in [6.45, 7) is 0. The Morgan fingerprint density at radius 2 is 1.23 bits per heavy atom. The average molecular weight is 565 g/mol. The van der Waals surface area contributed by atoms with E-state index in [9.17, 15) is 0 Å². The fraction of sp³-hybridized carbons (Fsp3) is 0.0244. The molecule has 8 aromatic rings. The van der Waals surface area contributed by atoms with E-state index in [1.807, 2.05) is 6.07 Å². The number of hydrogen-bond acceptors (Lipinski definition) is 3. The Morgan fingerprint density at radius 1 is 0.523 bits per heavy atom. The van der Waals surface area contributed by atoms with E-state index in [4.69, 9.17) is 4.42 Å². The van der Waals surface area contributed by atoms with Crippen molar-refractivity contribution in [1.29, 1.82) is 0 Å². The lowest BCUT2D eigenvalue weighted by Gasteiger charge is -2.28. The summed E-state index contributed by atoms with van der Waals surface area (Å²) in [4.78, 5) is 2.41. The van der Waals surface area contributed by atoms with Crippen LogP contribution in [0.5, 0.6) is 0 Å². The zero-order chi connectivity index (χ0) is 29.0. The summed E-state index contributed by atoms with van der Waals surface area (Å²) in [6, 6.07) is 56.1. The van der Waals surface area contributed by atoms with Crippen LogP contribution in [0.4, 0.5) is 17.1 Å². The minimum Gasteiger partial charge on any atom is -0.455 e. The molecule has 0 saturated carbocycles. The van der Waals surface area contributed by atoms with Crippen LogP contribution in [0.2, 0.25) is 0 Å². The average Bonchev–Trinajstić information content (AvgIpc) is 3.66. The molecular formula is C41H28N2O. The van der Waals surface area contributed by atoms with Crippen molar-refractivity contribution in [1.82, 2.24) is 0 Å². The summed E-state index contributed by atoms with van der Waals surface area (Å²) in [6.07, 6.45) is -0.0498. The molecule has 0 fully saturated rings. The largest absolute Gasteiger partial charge is 0.455 e. The van der Waals surface area contributed by atoms with Gasteiger partial charge in [-0.1, -0.05) is 121 Å². The predicted octanol–water partition coefficient (Wildman–Crippen LogP) is 11.3. The number of hydrogen-bond donors (Lipinski definition) is 1. The van der Waals surface area contributed by atoms with Gasteiger partial charge in [0.05, 0.1) is 11.4 Å². The number of fused-ring (bicyclic) bond motifs is 5. The predicted molar refractivity (Wildman–Crippen MR) is 183 cm³/mol. The normalized spacial score (nSPS) is 14.3. The molecule has 0 bridgehead atoms. The van der Waals surface area contributed by atoms with Crippen LogP contribution in [0.1, 0.15) is 11.7 Å². The Kier molecular flexibility index (Phi) is 5.57. The second kappa shape index (κ2) is 9.89. The van der Waals surface area contributed by atoms with Gasteiger partial charge in [0.15, 0.2) is 0 Å². The van der Waals surface area contributed by atoms with Crippen LogP contribution in [-0.4, -0.2) is 0 Å². The molecule has 1 atom stereocenters. The van der Waals surface area contributed by atoms with Crippen molar-refractivity contribution in [3.63, 3.8) is 0 Å². The molecular weight excluding hydrogens is 536 g/mol. The molecule has 208 valence electrons. The minimum atomic E-state index is -0.0498. The van der Waals surface area contributed by atoms with E-state index >= 15 is 0 Å². The quantitative estimate of drug-likeness (QED) is 0.230. The standard InChI is InChI=1S/C41H28N2O/c1-2-11-27(12-3-1)28-21-23-29(24-22-28)41-42-36-18-7-8-19-37(36)43(41)32-15-10-14-31(25-32)39-33-16-5-4-13-30(33)26-35-34-17-6-9-20-38(34)44-40(35)39/h1-26,41-42H. The zero-order valence-corrected chi connectivity index (χ0v) is 23.9. The Bertz CT molecular complexity index is 2320. The van der Waals surface area contributed by atoms with Crippen LogP contribution >= 0.6 is 0 Å². The van der Waals surface area contributed by atoms with Gasteiger partial charge in [0.25, 0.3) is 0 Å². The topological polar surface area (TPSA) is 28.4 Å². The smallest absolute Gasteiger partial charge is 0.143 e. The number of anilines is 3. The van der Waals surface area contributed by atoms with Gasteiger partial charge < -0.3 is 14.6 Å². The van der Waals surface area contributed by atoms with E-state index in [2.05, 4.69) is 162 Å². The first-order valence-corrected chi connectivity index (χ1v) is 15.1. The number of para-hydroxylation sites is 3. The van der Waals surface area contributed by atoms with Crippen LogP contribution in [0.25, 0.3) is 55.0 Å². The lowest BCUT2D eigenvalue weighted by molar-refractivity contribution is 0.670. The van der Waals surface area contributed by atoms with Gasteiger partial charge in [-0.05, 0) is 69.4 Å². The van der Waals surface area contributed by atoms with Crippen LogP contribution in [-0.2, 0) is 0 Å². The van der Waals surface area contributed by atoms with Crippen molar-refractivity contribution in [3.8, 4) is 22.3 Å². The van der Waals surface area contributed by atoms with Gasteiger partial charge >= 0.3 is 0 Å². The van der Waals surface area contributed by atoms with E-state index in [1.54, 1.807) is 0 Å². The van der Waals surface area contributed by atoms with Crippen LogP contribution in [0.15, 0.2) is 162 Å². The molecule has 2 heterocycles. The highest BCUT2D eigenvalue weighted by Crippen LogP contribution is 2.48. The summed E-state index contributed by atoms with van der Waals surface area (Å²) < 4.78 is 6.58. The molecule has 1 aliphatic rings. The highest BCUT2D eigenvalue weighted by Gasteiger charge is 2.31. The van der Waals surface area contributed by atoms with E-state index in [-0.39, 0.29) is 6.17 Å². The van der Waals surface area contributed by atoms with Gasteiger partial charge in [-0.25, -0.2) is 0 Å². The SMILES string of the molecule is c1ccc(-c2ccc(C3Nc4ccccc4N3c3cccc(-c4c5ccccc5cc5c4oc4ccccc45)c3)cc2)cc1. The maximum absolute atomic E-state index is 6.58. The van der Waals surface area contributed by atoms with Gasteiger partial charge in [-0.15, -0.1) is 0 Å². The fourth-order valence-corrected chi connectivity index (χ4v) is 6.79. The maximum Gasteiger partial charge on any atom is 0.143 e. The molecule has 0 saturated heterocycles. The van der Waals surface area contributed by atoms with Gasteiger partial charge in [0.2, 0.25) is 0 Å². The molecule has 1 aliphatic heterocycles. The maximum atomic E-state index is 6.58. The van der Waals surface area contributed by atoms with Gasteiger partial charge in [-0.2, -0.15) is 0 Å². The number of furan rings is 1. The lowest BCUT2D eigenvalue weighted by atomic mass is 9.94. The first-order chi connectivity index (χ1) is 21.8. The third kappa shape index (κ3) is 3.90.